The molecule has 0 aliphatic carbocycles. The lowest BCUT2D eigenvalue weighted by Gasteiger charge is -2.12. The smallest absolute Gasteiger partial charge is 0.153 e. The molecule has 3 nitrogen and oxygen atoms in total. The van der Waals surface area contributed by atoms with Crippen molar-refractivity contribution in [2.75, 3.05) is 0 Å². The van der Waals surface area contributed by atoms with Crippen LogP contribution in [0.2, 0.25) is 10.0 Å². The number of aliphatic hydroxyl groups excluding tert-OH is 1. The molecule has 0 spiro atoms. The summed E-state index contributed by atoms with van der Waals surface area (Å²) in [7, 11) is 0. The third-order valence-electron chi connectivity index (χ3n) is 3.22. The van der Waals surface area contributed by atoms with Crippen molar-refractivity contribution < 1.29 is 15.0 Å². The topological polar surface area (TPSA) is 57.5 Å². The first-order chi connectivity index (χ1) is 10.0. The van der Waals surface area contributed by atoms with Gasteiger partial charge in [0.1, 0.15) is 5.75 Å². The van der Waals surface area contributed by atoms with Crippen LogP contribution in [0.5, 0.6) is 5.75 Å². The van der Waals surface area contributed by atoms with Gasteiger partial charge in [-0.3, -0.25) is 4.79 Å². The highest BCUT2D eigenvalue weighted by Crippen LogP contribution is 2.27. The maximum atomic E-state index is 10.8. The van der Waals surface area contributed by atoms with E-state index in [9.17, 15) is 15.0 Å². The molecule has 2 aromatic rings. The van der Waals surface area contributed by atoms with E-state index in [1.54, 1.807) is 30.3 Å². The fourth-order valence-electron chi connectivity index (χ4n) is 2.10. The summed E-state index contributed by atoms with van der Waals surface area (Å²) in [5.41, 5.74) is 1.77. The van der Waals surface area contributed by atoms with Gasteiger partial charge in [0.15, 0.2) is 6.29 Å². The first-order valence-corrected chi connectivity index (χ1v) is 7.17. The molecule has 0 radical (unpaired) electrons. The van der Waals surface area contributed by atoms with Crippen LogP contribution < -0.4 is 0 Å². The lowest BCUT2D eigenvalue weighted by molar-refractivity contribution is 0.112. The van der Waals surface area contributed by atoms with Crippen molar-refractivity contribution in [1.82, 2.24) is 0 Å². The zero-order chi connectivity index (χ0) is 15.4. The van der Waals surface area contributed by atoms with Crippen LogP contribution in [-0.4, -0.2) is 16.5 Å². The number of aryl methyl sites for hydroxylation is 1. The molecule has 2 rings (SSSR count). The van der Waals surface area contributed by atoms with Crippen LogP contribution in [0.15, 0.2) is 36.4 Å². The highest BCUT2D eigenvalue weighted by Gasteiger charge is 2.11. The number of aliphatic hydroxyl groups is 1. The fraction of sp³-hybridized carbons (Fsp3) is 0.188. The summed E-state index contributed by atoms with van der Waals surface area (Å²) in [6, 6.07) is 9.85. The van der Waals surface area contributed by atoms with Crippen molar-refractivity contribution in [3.63, 3.8) is 0 Å². The highest BCUT2D eigenvalue weighted by molar-refractivity contribution is 6.38. The minimum atomic E-state index is -0.694. The summed E-state index contributed by atoms with van der Waals surface area (Å²) < 4.78 is 0. The Hall–Kier alpha value is -1.55. The number of aromatic hydroxyl groups is 1. The lowest BCUT2D eigenvalue weighted by Crippen LogP contribution is -2.00. The van der Waals surface area contributed by atoms with Gasteiger partial charge >= 0.3 is 0 Å². The molecule has 0 amide bonds. The first-order valence-electron chi connectivity index (χ1n) is 6.41. The molecule has 0 saturated carbocycles. The summed E-state index contributed by atoms with van der Waals surface area (Å²) in [5.74, 6) is 0.118. The van der Waals surface area contributed by atoms with Gasteiger partial charge in [-0.05, 0) is 48.2 Å². The summed E-state index contributed by atoms with van der Waals surface area (Å²) >= 11 is 12.0. The van der Waals surface area contributed by atoms with E-state index in [1.807, 2.05) is 0 Å². The molecule has 0 aromatic heterocycles. The Morgan fingerprint density at radius 2 is 1.81 bits per heavy atom. The number of aldehydes is 1. The largest absolute Gasteiger partial charge is 0.508 e. The SMILES string of the molecule is O=Cc1c(Cl)cc(CCC(O)c2cccc(O)c2)cc1Cl. The van der Waals surface area contributed by atoms with Crippen molar-refractivity contribution in [1.29, 1.82) is 0 Å². The van der Waals surface area contributed by atoms with Gasteiger partial charge in [0.2, 0.25) is 0 Å². The molecule has 1 atom stereocenters. The number of carbonyl (C=O) groups is 1. The molecule has 0 aliphatic heterocycles. The van der Waals surface area contributed by atoms with Gasteiger partial charge in [-0.25, -0.2) is 0 Å². The Labute approximate surface area is 132 Å². The van der Waals surface area contributed by atoms with E-state index in [0.717, 1.165) is 5.56 Å². The van der Waals surface area contributed by atoms with Gasteiger partial charge in [-0.1, -0.05) is 35.3 Å². The predicted octanol–water partition coefficient (Wildman–Crippen LogP) is 4.18. The van der Waals surface area contributed by atoms with E-state index in [2.05, 4.69) is 0 Å². The molecule has 0 saturated heterocycles. The maximum Gasteiger partial charge on any atom is 0.153 e. The van der Waals surface area contributed by atoms with E-state index in [1.165, 1.54) is 6.07 Å². The lowest BCUT2D eigenvalue weighted by atomic mass is 10.0. The summed E-state index contributed by atoms with van der Waals surface area (Å²) in [4.78, 5) is 10.8. The highest BCUT2D eigenvalue weighted by atomic mass is 35.5. The van der Waals surface area contributed by atoms with Crippen molar-refractivity contribution >= 4 is 29.5 Å². The number of rotatable bonds is 5. The molecule has 5 heteroatoms. The predicted molar refractivity (Wildman–Crippen MR) is 83.2 cm³/mol. The molecule has 110 valence electrons. The van der Waals surface area contributed by atoms with Gasteiger partial charge in [0, 0.05) is 0 Å². The Morgan fingerprint density at radius 1 is 1.14 bits per heavy atom. The van der Waals surface area contributed by atoms with Gasteiger partial charge < -0.3 is 10.2 Å². The molecule has 0 fully saturated rings. The quantitative estimate of drug-likeness (QED) is 0.811. The second-order valence-corrected chi connectivity index (χ2v) is 5.55. The van der Waals surface area contributed by atoms with E-state index >= 15 is 0 Å². The number of carbonyl (C=O) groups excluding carboxylic acids is 1. The van der Waals surface area contributed by atoms with Crippen LogP contribution >= 0.6 is 23.2 Å². The number of hydrogen-bond donors (Lipinski definition) is 2. The zero-order valence-corrected chi connectivity index (χ0v) is 12.6. The Bertz CT molecular complexity index is 633. The average molecular weight is 325 g/mol. The third kappa shape index (κ3) is 3.97. The van der Waals surface area contributed by atoms with Gasteiger partial charge in [-0.2, -0.15) is 0 Å². The van der Waals surface area contributed by atoms with E-state index < -0.39 is 6.10 Å². The van der Waals surface area contributed by atoms with Crippen molar-refractivity contribution in [2.45, 2.75) is 18.9 Å². The fourth-order valence-corrected chi connectivity index (χ4v) is 2.72. The summed E-state index contributed by atoms with van der Waals surface area (Å²) in [6.45, 7) is 0. The maximum absolute atomic E-state index is 10.8. The molecule has 0 bridgehead atoms. The molecule has 21 heavy (non-hydrogen) atoms. The van der Waals surface area contributed by atoms with Crippen LogP contribution in [0.1, 0.15) is 34.0 Å². The third-order valence-corrected chi connectivity index (χ3v) is 3.84. The molecular weight excluding hydrogens is 311 g/mol. The molecule has 1 unspecified atom stereocenters. The minimum Gasteiger partial charge on any atom is -0.508 e. The second-order valence-electron chi connectivity index (χ2n) is 4.74. The Balaban J connectivity index is 2.08. The molecular formula is C16H14Cl2O3. The number of benzene rings is 2. The first kappa shape index (κ1) is 15.8. The monoisotopic (exact) mass is 324 g/mol. The van der Waals surface area contributed by atoms with Gasteiger partial charge in [0.05, 0.1) is 21.7 Å². The Morgan fingerprint density at radius 3 is 2.38 bits per heavy atom. The molecule has 0 aliphatic rings. The summed E-state index contributed by atoms with van der Waals surface area (Å²) in [5, 5.41) is 20.1. The van der Waals surface area contributed by atoms with Crippen LogP contribution in [0.4, 0.5) is 0 Å². The van der Waals surface area contributed by atoms with Crippen molar-refractivity contribution in [3.05, 3.63) is 63.1 Å². The van der Waals surface area contributed by atoms with Crippen LogP contribution in [0.25, 0.3) is 0 Å². The Kier molecular flexibility index (Phi) is 5.23. The molecule has 0 heterocycles. The minimum absolute atomic E-state index is 0.118. The number of phenolic OH excluding ortho intramolecular Hbond substituents is 1. The van der Waals surface area contributed by atoms with Crippen LogP contribution in [-0.2, 0) is 6.42 Å². The van der Waals surface area contributed by atoms with E-state index in [4.69, 9.17) is 23.2 Å². The molecule has 2 N–H and O–H groups in total. The normalized spacial score (nSPS) is 12.1. The zero-order valence-electron chi connectivity index (χ0n) is 11.1. The number of hydrogen-bond acceptors (Lipinski definition) is 3. The van der Waals surface area contributed by atoms with Crippen LogP contribution in [0.3, 0.4) is 0 Å². The average Bonchev–Trinajstić information content (AvgIpc) is 2.44. The van der Waals surface area contributed by atoms with Gasteiger partial charge in [-0.15, -0.1) is 0 Å². The van der Waals surface area contributed by atoms with Gasteiger partial charge in [0.25, 0.3) is 0 Å². The van der Waals surface area contributed by atoms with E-state index in [-0.39, 0.29) is 11.3 Å². The van der Waals surface area contributed by atoms with Crippen molar-refractivity contribution in [2.24, 2.45) is 0 Å². The second kappa shape index (κ2) is 6.94. The standard InChI is InChI=1S/C16H14Cl2O3/c17-14-6-10(7-15(18)13(14)9-19)4-5-16(21)11-2-1-3-12(20)8-11/h1-3,6-9,16,20-21H,4-5H2. The van der Waals surface area contributed by atoms with Crippen LogP contribution in [0, 0.1) is 0 Å². The number of phenols is 1. The summed E-state index contributed by atoms with van der Waals surface area (Å²) in [6.07, 6.45) is 0.933. The van der Waals surface area contributed by atoms with Crippen molar-refractivity contribution in [3.8, 4) is 5.75 Å². The number of halogens is 2. The van der Waals surface area contributed by atoms with E-state index in [0.29, 0.717) is 34.7 Å². The molecule has 2 aromatic carbocycles.